The first-order chi connectivity index (χ1) is 8.43. The average molecular weight is 253 g/mol. The highest BCUT2D eigenvalue weighted by atomic mass is 19.1. The fourth-order valence-corrected chi connectivity index (χ4v) is 1.60. The van der Waals surface area contributed by atoms with Crippen molar-refractivity contribution in [2.75, 3.05) is 27.7 Å². The molecule has 0 spiro atoms. The van der Waals surface area contributed by atoms with E-state index < -0.39 is 0 Å². The van der Waals surface area contributed by atoms with Crippen LogP contribution in [0.4, 0.5) is 4.39 Å². The molecule has 4 nitrogen and oxygen atoms in total. The molecular weight excluding hydrogens is 233 g/mol. The van der Waals surface area contributed by atoms with E-state index in [9.17, 15) is 9.18 Å². The zero-order chi connectivity index (χ0) is 13.7. The van der Waals surface area contributed by atoms with Gasteiger partial charge in [0.1, 0.15) is 5.82 Å². The molecule has 0 atom stereocenters. The predicted molar refractivity (Wildman–Crippen MR) is 69.3 cm³/mol. The van der Waals surface area contributed by atoms with Crippen LogP contribution in [0.15, 0.2) is 18.2 Å². The minimum Gasteiger partial charge on any atom is -0.348 e. The molecule has 0 unspecified atom stereocenters. The molecule has 0 saturated carbocycles. The van der Waals surface area contributed by atoms with E-state index in [2.05, 4.69) is 0 Å². The predicted octanol–water partition coefficient (Wildman–Crippen LogP) is 0.804. The summed E-state index contributed by atoms with van der Waals surface area (Å²) in [6, 6.07) is 4.83. The molecule has 0 fully saturated rings. The van der Waals surface area contributed by atoms with Crippen LogP contribution < -0.4 is 5.73 Å². The van der Waals surface area contributed by atoms with E-state index in [1.54, 1.807) is 38.2 Å². The maximum atomic E-state index is 13.6. The second-order valence-corrected chi connectivity index (χ2v) is 4.59. The van der Waals surface area contributed by atoms with Crippen molar-refractivity contribution in [2.45, 2.75) is 13.1 Å². The number of amides is 1. The molecule has 0 saturated heterocycles. The monoisotopic (exact) mass is 253 g/mol. The van der Waals surface area contributed by atoms with Crippen LogP contribution in [-0.2, 0) is 17.9 Å². The van der Waals surface area contributed by atoms with Crippen molar-refractivity contribution in [3.05, 3.63) is 35.1 Å². The summed E-state index contributed by atoms with van der Waals surface area (Å²) in [6.45, 7) is 1.03. The van der Waals surface area contributed by atoms with Gasteiger partial charge in [0, 0.05) is 32.7 Å². The molecule has 100 valence electrons. The molecule has 0 aromatic heterocycles. The molecule has 0 aliphatic heterocycles. The lowest BCUT2D eigenvalue weighted by Gasteiger charge is -2.19. The molecule has 0 heterocycles. The van der Waals surface area contributed by atoms with Crippen molar-refractivity contribution in [3.63, 3.8) is 0 Å². The Bertz CT molecular complexity index is 421. The van der Waals surface area contributed by atoms with E-state index >= 15 is 0 Å². The van der Waals surface area contributed by atoms with Crippen molar-refractivity contribution < 1.29 is 9.18 Å². The Hall–Kier alpha value is -1.46. The largest absolute Gasteiger partial charge is 0.348 e. The van der Waals surface area contributed by atoms with Gasteiger partial charge in [0.05, 0.1) is 6.54 Å². The number of likely N-dealkylation sites (N-methyl/N-ethyl adjacent to an activating group) is 2. The maximum absolute atomic E-state index is 13.6. The van der Waals surface area contributed by atoms with Crippen LogP contribution >= 0.6 is 0 Å². The van der Waals surface area contributed by atoms with Gasteiger partial charge < -0.3 is 10.6 Å². The van der Waals surface area contributed by atoms with E-state index in [4.69, 9.17) is 5.73 Å². The van der Waals surface area contributed by atoms with Gasteiger partial charge in [-0.2, -0.15) is 0 Å². The Kier molecular flexibility index (Phi) is 5.25. The molecule has 1 aromatic rings. The van der Waals surface area contributed by atoms with E-state index in [1.165, 1.54) is 11.0 Å². The van der Waals surface area contributed by atoms with E-state index in [1.807, 2.05) is 0 Å². The molecule has 1 amide bonds. The third kappa shape index (κ3) is 4.09. The Morgan fingerprint density at radius 3 is 2.56 bits per heavy atom. The Labute approximate surface area is 107 Å². The van der Waals surface area contributed by atoms with Crippen LogP contribution in [-0.4, -0.2) is 43.4 Å². The molecule has 2 N–H and O–H groups in total. The summed E-state index contributed by atoms with van der Waals surface area (Å²) in [5, 5.41) is 0. The number of rotatable bonds is 5. The van der Waals surface area contributed by atoms with Crippen molar-refractivity contribution >= 4 is 5.91 Å². The number of hydrogen-bond acceptors (Lipinski definition) is 3. The molecule has 0 radical (unpaired) electrons. The third-order valence-electron chi connectivity index (χ3n) is 2.69. The molecule has 0 aliphatic rings. The second kappa shape index (κ2) is 6.47. The van der Waals surface area contributed by atoms with Crippen LogP contribution in [0.5, 0.6) is 0 Å². The Morgan fingerprint density at radius 2 is 2.00 bits per heavy atom. The second-order valence-electron chi connectivity index (χ2n) is 4.59. The van der Waals surface area contributed by atoms with E-state index in [0.29, 0.717) is 18.7 Å². The highest BCUT2D eigenvalue weighted by Gasteiger charge is 2.11. The van der Waals surface area contributed by atoms with Crippen molar-refractivity contribution in [2.24, 2.45) is 5.73 Å². The first-order valence-corrected chi connectivity index (χ1v) is 5.80. The van der Waals surface area contributed by atoms with Gasteiger partial charge in [-0.1, -0.05) is 12.1 Å². The molecule has 1 aromatic carbocycles. The summed E-state index contributed by atoms with van der Waals surface area (Å²) in [6.07, 6.45) is 0. The molecule has 0 aliphatic carbocycles. The lowest BCUT2D eigenvalue weighted by Crippen LogP contribution is -2.34. The van der Waals surface area contributed by atoms with Crippen molar-refractivity contribution in [3.8, 4) is 0 Å². The van der Waals surface area contributed by atoms with Crippen LogP contribution in [0, 0.1) is 5.82 Å². The van der Waals surface area contributed by atoms with Crippen molar-refractivity contribution in [1.82, 2.24) is 9.80 Å². The number of carbonyl (C=O) groups is 1. The molecule has 0 bridgehead atoms. The van der Waals surface area contributed by atoms with Gasteiger partial charge >= 0.3 is 0 Å². The SMILES string of the molecule is CN(CC(=O)N(C)C)Cc1cc(CN)ccc1F. The molecular formula is C13H20FN3O. The fourth-order valence-electron chi connectivity index (χ4n) is 1.60. The van der Waals surface area contributed by atoms with E-state index in [0.717, 1.165) is 5.56 Å². The molecule has 5 heteroatoms. The van der Waals surface area contributed by atoms with Crippen LogP contribution in [0.1, 0.15) is 11.1 Å². The minimum atomic E-state index is -0.267. The Morgan fingerprint density at radius 1 is 1.33 bits per heavy atom. The fraction of sp³-hybridized carbons (Fsp3) is 0.462. The zero-order valence-corrected chi connectivity index (χ0v) is 11.1. The molecule has 18 heavy (non-hydrogen) atoms. The van der Waals surface area contributed by atoms with Gasteiger partial charge in [-0.25, -0.2) is 4.39 Å². The number of hydrogen-bond donors (Lipinski definition) is 1. The lowest BCUT2D eigenvalue weighted by molar-refractivity contribution is -0.129. The number of benzene rings is 1. The topological polar surface area (TPSA) is 49.6 Å². The highest BCUT2D eigenvalue weighted by molar-refractivity contribution is 5.77. The summed E-state index contributed by atoms with van der Waals surface area (Å²) < 4.78 is 13.6. The van der Waals surface area contributed by atoms with Crippen LogP contribution in [0.25, 0.3) is 0 Å². The highest BCUT2D eigenvalue weighted by Crippen LogP contribution is 2.12. The third-order valence-corrected chi connectivity index (χ3v) is 2.69. The molecule has 1 rings (SSSR count). The first kappa shape index (κ1) is 14.6. The quantitative estimate of drug-likeness (QED) is 0.844. The van der Waals surface area contributed by atoms with Gasteiger partial charge in [0.15, 0.2) is 0 Å². The summed E-state index contributed by atoms with van der Waals surface area (Å²) in [5.41, 5.74) is 6.97. The number of nitrogens with zero attached hydrogens (tertiary/aromatic N) is 2. The maximum Gasteiger partial charge on any atom is 0.236 e. The standard InChI is InChI=1S/C13H20FN3O/c1-16(2)13(18)9-17(3)8-11-6-10(7-15)4-5-12(11)14/h4-6H,7-9,15H2,1-3H3. The van der Waals surface area contributed by atoms with Gasteiger partial charge in [0.2, 0.25) is 5.91 Å². The average Bonchev–Trinajstić information content (AvgIpc) is 2.31. The van der Waals surface area contributed by atoms with Gasteiger partial charge in [-0.3, -0.25) is 9.69 Å². The first-order valence-electron chi connectivity index (χ1n) is 5.80. The summed E-state index contributed by atoms with van der Waals surface area (Å²) in [4.78, 5) is 14.8. The van der Waals surface area contributed by atoms with Gasteiger partial charge in [-0.15, -0.1) is 0 Å². The number of carbonyl (C=O) groups excluding carboxylic acids is 1. The minimum absolute atomic E-state index is 0.00659. The van der Waals surface area contributed by atoms with Crippen LogP contribution in [0.2, 0.25) is 0 Å². The normalized spacial score (nSPS) is 10.8. The summed E-state index contributed by atoms with van der Waals surface area (Å²) in [7, 11) is 5.19. The number of halogens is 1. The summed E-state index contributed by atoms with van der Waals surface area (Å²) in [5.74, 6) is -0.274. The zero-order valence-electron chi connectivity index (χ0n) is 11.1. The Balaban J connectivity index is 2.69. The van der Waals surface area contributed by atoms with Crippen LogP contribution in [0.3, 0.4) is 0 Å². The number of nitrogens with two attached hydrogens (primary N) is 1. The summed E-state index contributed by atoms with van der Waals surface area (Å²) >= 11 is 0. The van der Waals surface area contributed by atoms with Crippen molar-refractivity contribution in [1.29, 1.82) is 0 Å². The van der Waals surface area contributed by atoms with E-state index in [-0.39, 0.29) is 18.3 Å². The van der Waals surface area contributed by atoms with Gasteiger partial charge in [-0.05, 0) is 18.7 Å². The smallest absolute Gasteiger partial charge is 0.236 e. The lowest BCUT2D eigenvalue weighted by atomic mass is 10.1. The van der Waals surface area contributed by atoms with Gasteiger partial charge in [0.25, 0.3) is 0 Å².